The van der Waals surface area contributed by atoms with Crippen LogP contribution in [-0.2, 0) is 35.2 Å². The molecular weight excluding hydrogens is 463 g/mol. The Morgan fingerprint density at radius 2 is 1.81 bits per heavy atom. The summed E-state index contributed by atoms with van der Waals surface area (Å²) >= 11 is 8.64. The Hall–Kier alpha value is -0.710. The van der Waals surface area contributed by atoms with Gasteiger partial charge in [0.05, 0.1) is 18.3 Å². The molecule has 1 aliphatic carbocycles. The highest BCUT2D eigenvalue weighted by Gasteiger charge is 2.27. The van der Waals surface area contributed by atoms with Crippen molar-refractivity contribution in [1.82, 2.24) is 10.6 Å². The fourth-order valence-electron chi connectivity index (χ4n) is 3.42. The highest BCUT2D eigenvalue weighted by molar-refractivity contribution is 8.06. The van der Waals surface area contributed by atoms with Crippen LogP contribution in [0.5, 0.6) is 0 Å². The van der Waals surface area contributed by atoms with Crippen LogP contribution in [0.4, 0.5) is 0 Å². The van der Waals surface area contributed by atoms with E-state index in [0.29, 0.717) is 25.6 Å². The zero-order valence-electron chi connectivity index (χ0n) is 17.9. The van der Waals surface area contributed by atoms with E-state index in [0.717, 1.165) is 51.4 Å². The number of carbonyl (C=O) groups is 3. The first-order valence-corrected chi connectivity index (χ1v) is 13.7. The number of nitrogens with one attached hydrogen (secondary N) is 2. The molecule has 0 spiro atoms. The van der Waals surface area contributed by atoms with Crippen molar-refractivity contribution in [3.8, 4) is 0 Å². The van der Waals surface area contributed by atoms with Gasteiger partial charge in [0.2, 0.25) is 11.8 Å². The summed E-state index contributed by atoms with van der Waals surface area (Å²) in [5.74, 6) is -1.05. The Labute approximate surface area is 194 Å². The summed E-state index contributed by atoms with van der Waals surface area (Å²) in [4.78, 5) is 46.2. The molecule has 0 radical (unpaired) electrons. The maximum atomic E-state index is 12.3. The van der Waals surface area contributed by atoms with E-state index in [4.69, 9.17) is 9.63 Å². The summed E-state index contributed by atoms with van der Waals surface area (Å²) in [7, 11) is 1.27. The molecule has 0 aromatic rings. The van der Waals surface area contributed by atoms with Crippen molar-refractivity contribution in [3.05, 3.63) is 0 Å². The molecule has 1 fully saturated rings. The van der Waals surface area contributed by atoms with Crippen LogP contribution < -0.4 is 15.5 Å². The summed E-state index contributed by atoms with van der Waals surface area (Å²) in [6.45, 7) is -1.89. The number of unbranched alkanes of at least 4 members (excludes halogenated alkanes) is 3. The molecule has 180 valence electrons. The Morgan fingerprint density at radius 1 is 1.16 bits per heavy atom. The molecule has 1 saturated carbocycles. The minimum Gasteiger partial charge on any atom is -0.780 e. The lowest BCUT2D eigenvalue weighted by molar-refractivity contribution is -0.204. The van der Waals surface area contributed by atoms with Crippen molar-refractivity contribution in [3.63, 3.8) is 0 Å². The summed E-state index contributed by atoms with van der Waals surface area (Å²) in [5, 5.41) is 13.6. The molecule has 0 aromatic heterocycles. The van der Waals surface area contributed by atoms with E-state index >= 15 is 0 Å². The van der Waals surface area contributed by atoms with E-state index in [2.05, 4.69) is 39.6 Å². The molecule has 0 bridgehead atoms. The number of rotatable bonds is 15. The molecule has 12 heteroatoms. The van der Waals surface area contributed by atoms with Crippen LogP contribution in [0.15, 0.2) is 0 Å². The molecule has 0 saturated heterocycles. The molecule has 9 nitrogen and oxygen atoms in total. The SMILES string of the molecule is COP([O-])(=S)OCCCCCCNC(=O)C1CCC(CNC(=O)C(S)CC(=O)O)CC1. The average Bonchev–Trinajstić information content (AvgIpc) is 2.73. The Balaban J connectivity index is 2.08. The first-order valence-electron chi connectivity index (χ1n) is 10.6. The fourth-order valence-corrected chi connectivity index (χ4v) is 4.34. The van der Waals surface area contributed by atoms with Gasteiger partial charge in [-0.2, -0.15) is 12.6 Å². The van der Waals surface area contributed by atoms with Crippen molar-refractivity contribution < 1.29 is 33.4 Å². The van der Waals surface area contributed by atoms with Crippen molar-refractivity contribution in [1.29, 1.82) is 0 Å². The van der Waals surface area contributed by atoms with Gasteiger partial charge in [-0.15, -0.1) is 0 Å². The van der Waals surface area contributed by atoms with Gasteiger partial charge in [-0.05, 0) is 44.4 Å². The van der Waals surface area contributed by atoms with Crippen molar-refractivity contribution in [2.45, 2.75) is 63.0 Å². The van der Waals surface area contributed by atoms with Crippen LogP contribution in [-0.4, -0.2) is 54.9 Å². The number of thiol groups is 1. The highest BCUT2D eigenvalue weighted by atomic mass is 32.5. The summed E-state index contributed by atoms with van der Waals surface area (Å²) in [6.07, 6.45) is 6.39. The quantitative estimate of drug-likeness (QED) is 0.152. The van der Waals surface area contributed by atoms with E-state index in [1.165, 1.54) is 7.11 Å². The Morgan fingerprint density at radius 3 is 2.42 bits per heavy atom. The second-order valence-electron chi connectivity index (χ2n) is 7.74. The normalized spacial score (nSPS) is 21.6. The monoisotopic (exact) mass is 497 g/mol. The predicted octanol–water partition coefficient (Wildman–Crippen LogP) is 1.61. The number of hydrogen-bond acceptors (Lipinski definition) is 8. The lowest BCUT2D eigenvalue weighted by Gasteiger charge is -2.28. The van der Waals surface area contributed by atoms with Crippen molar-refractivity contribution in [2.24, 2.45) is 11.8 Å². The van der Waals surface area contributed by atoms with Crippen LogP contribution in [0.2, 0.25) is 0 Å². The van der Waals surface area contributed by atoms with Gasteiger partial charge in [0, 0.05) is 26.1 Å². The van der Waals surface area contributed by atoms with Crippen molar-refractivity contribution in [2.75, 3.05) is 26.8 Å². The summed E-state index contributed by atoms with van der Waals surface area (Å²) < 4.78 is 9.58. The van der Waals surface area contributed by atoms with Crippen LogP contribution in [0, 0.1) is 11.8 Å². The molecule has 3 N–H and O–H groups in total. The molecule has 1 aliphatic rings. The number of amides is 2. The molecule has 2 amide bonds. The van der Waals surface area contributed by atoms with Crippen LogP contribution in [0.3, 0.4) is 0 Å². The van der Waals surface area contributed by atoms with E-state index in [-0.39, 0.29) is 24.2 Å². The highest BCUT2D eigenvalue weighted by Crippen LogP contribution is 2.37. The molecule has 2 unspecified atom stereocenters. The molecule has 2 atom stereocenters. The first-order chi connectivity index (χ1) is 14.6. The second-order valence-corrected chi connectivity index (χ2v) is 11.2. The first kappa shape index (κ1) is 28.3. The molecular formula is C19H34N2O7PS2-. The Kier molecular flexibility index (Phi) is 13.9. The largest absolute Gasteiger partial charge is 0.780 e. The third kappa shape index (κ3) is 12.8. The van der Waals surface area contributed by atoms with E-state index in [1.54, 1.807) is 0 Å². The average molecular weight is 498 g/mol. The van der Waals surface area contributed by atoms with E-state index in [1.807, 2.05) is 0 Å². The number of aliphatic carboxylic acids is 1. The molecule has 1 rings (SSSR count). The lowest BCUT2D eigenvalue weighted by Crippen LogP contribution is -2.38. The molecule has 0 aliphatic heterocycles. The number of carboxylic acids is 1. The molecule has 0 heterocycles. The third-order valence-electron chi connectivity index (χ3n) is 5.30. The Bertz CT molecular complexity index is 630. The predicted molar refractivity (Wildman–Crippen MR) is 122 cm³/mol. The summed E-state index contributed by atoms with van der Waals surface area (Å²) in [5.41, 5.74) is 0. The minimum absolute atomic E-state index is 0.000214. The maximum Gasteiger partial charge on any atom is 0.304 e. The summed E-state index contributed by atoms with van der Waals surface area (Å²) in [6, 6.07) is 0. The van der Waals surface area contributed by atoms with Gasteiger partial charge in [0.1, 0.15) is 6.72 Å². The van der Waals surface area contributed by atoms with Gasteiger partial charge in [0.25, 0.3) is 0 Å². The van der Waals surface area contributed by atoms with Crippen LogP contribution in [0.25, 0.3) is 0 Å². The van der Waals surface area contributed by atoms with Crippen LogP contribution >= 0.6 is 19.3 Å². The number of carboxylic acid groups (broad SMARTS) is 1. The van der Waals surface area contributed by atoms with Gasteiger partial charge >= 0.3 is 5.97 Å². The lowest BCUT2D eigenvalue weighted by atomic mass is 9.81. The number of hydrogen-bond donors (Lipinski definition) is 4. The van der Waals surface area contributed by atoms with Crippen molar-refractivity contribution >= 4 is 48.9 Å². The standard InChI is InChI=1S/C19H35N2O7PS2/c1-27-29(26,31)28-11-5-3-2-4-10-20-18(24)15-8-6-14(7-9-15)13-21-19(25)16(30)12-17(22)23/h14-16,30H,2-13H2,1H3,(H,20,24)(H,21,25)(H,22,23)(H,26,31)/p-1. The van der Waals surface area contributed by atoms with E-state index < -0.39 is 17.9 Å². The maximum absolute atomic E-state index is 12.3. The van der Waals surface area contributed by atoms with Gasteiger partial charge in [0.15, 0.2) is 0 Å². The van der Waals surface area contributed by atoms with Gasteiger partial charge in [-0.3, -0.25) is 14.4 Å². The zero-order chi connectivity index (χ0) is 23.3. The number of carbonyl (C=O) groups excluding carboxylic acids is 2. The fraction of sp³-hybridized carbons (Fsp3) is 0.842. The molecule has 0 aromatic carbocycles. The minimum atomic E-state index is -3.31. The van der Waals surface area contributed by atoms with Gasteiger partial charge in [-0.1, -0.05) is 24.6 Å². The van der Waals surface area contributed by atoms with Gasteiger partial charge < -0.3 is 29.7 Å². The topological polar surface area (TPSA) is 137 Å². The second kappa shape index (κ2) is 15.2. The third-order valence-corrected chi connectivity index (χ3v) is 7.42. The van der Waals surface area contributed by atoms with Crippen LogP contribution in [0.1, 0.15) is 57.8 Å². The zero-order valence-corrected chi connectivity index (χ0v) is 20.5. The van der Waals surface area contributed by atoms with E-state index in [9.17, 15) is 19.3 Å². The smallest absolute Gasteiger partial charge is 0.304 e. The van der Waals surface area contributed by atoms with Gasteiger partial charge in [-0.25, -0.2) is 0 Å². The molecule has 31 heavy (non-hydrogen) atoms.